The molecule has 0 aliphatic carbocycles. The Kier molecular flexibility index (Phi) is 6.27. The van der Waals surface area contributed by atoms with E-state index in [0.717, 1.165) is 5.56 Å². The maximum Gasteiger partial charge on any atom is 0.186 e. The molecule has 1 aromatic carbocycles. The summed E-state index contributed by atoms with van der Waals surface area (Å²) in [4.78, 5) is 7.87. The first-order valence-electron chi connectivity index (χ1n) is 7.55. The van der Waals surface area contributed by atoms with E-state index < -0.39 is 0 Å². The Balaban J connectivity index is 1.75. The molecule has 1 heterocycles. The zero-order valence-corrected chi connectivity index (χ0v) is 13.1. The topological polar surface area (TPSA) is 47.0 Å². The Morgan fingerprint density at radius 2 is 2.00 bits per heavy atom. The van der Waals surface area contributed by atoms with Gasteiger partial charge in [0, 0.05) is 6.54 Å². The molecule has 1 aromatic heterocycles. The Hall–Kier alpha value is -2.01. The molecule has 0 aliphatic heterocycles. The van der Waals surface area contributed by atoms with Crippen molar-refractivity contribution < 1.29 is 9.13 Å². The third-order valence-electron chi connectivity index (χ3n) is 3.33. The molecule has 118 valence electrons. The van der Waals surface area contributed by atoms with Crippen molar-refractivity contribution in [2.45, 2.75) is 26.9 Å². The maximum atomic E-state index is 14.0. The highest BCUT2D eigenvalue weighted by molar-refractivity contribution is 5.37. The molecule has 0 radical (unpaired) electrons. The molecule has 2 aromatic rings. The molecule has 0 saturated heterocycles. The SMILES string of the molecule is CCc1ncnc(NCC(C)COCc2ccccc2)c1F. The molecule has 1 unspecified atom stereocenters. The van der Waals surface area contributed by atoms with Crippen molar-refractivity contribution in [3.63, 3.8) is 0 Å². The van der Waals surface area contributed by atoms with Crippen LogP contribution >= 0.6 is 0 Å². The van der Waals surface area contributed by atoms with Gasteiger partial charge in [-0.05, 0) is 17.9 Å². The van der Waals surface area contributed by atoms with Crippen LogP contribution < -0.4 is 5.32 Å². The van der Waals surface area contributed by atoms with Crippen molar-refractivity contribution in [1.29, 1.82) is 0 Å². The number of nitrogens with one attached hydrogen (secondary N) is 1. The number of aryl methyl sites for hydroxylation is 1. The van der Waals surface area contributed by atoms with E-state index in [-0.39, 0.29) is 17.6 Å². The summed E-state index contributed by atoms with van der Waals surface area (Å²) in [5.41, 5.74) is 1.59. The fourth-order valence-corrected chi connectivity index (χ4v) is 2.06. The minimum atomic E-state index is -0.359. The molecule has 1 atom stereocenters. The van der Waals surface area contributed by atoms with Crippen molar-refractivity contribution >= 4 is 5.82 Å². The fourth-order valence-electron chi connectivity index (χ4n) is 2.06. The molecule has 4 nitrogen and oxygen atoms in total. The van der Waals surface area contributed by atoms with Crippen LogP contribution in [0.2, 0.25) is 0 Å². The van der Waals surface area contributed by atoms with Crippen molar-refractivity contribution in [2.75, 3.05) is 18.5 Å². The zero-order chi connectivity index (χ0) is 15.8. The number of hydrogen-bond acceptors (Lipinski definition) is 4. The predicted molar refractivity (Wildman–Crippen MR) is 85.1 cm³/mol. The van der Waals surface area contributed by atoms with Crippen LogP contribution in [0.15, 0.2) is 36.7 Å². The molecular formula is C17H22FN3O. The minimum absolute atomic E-state index is 0.253. The summed E-state index contributed by atoms with van der Waals surface area (Å²) in [6.45, 7) is 5.72. The third kappa shape index (κ3) is 4.77. The molecular weight excluding hydrogens is 281 g/mol. The van der Waals surface area contributed by atoms with Gasteiger partial charge in [-0.25, -0.2) is 14.4 Å². The van der Waals surface area contributed by atoms with E-state index >= 15 is 0 Å². The number of rotatable bonds is 8. The number of aromatic nitrogens is 2. The zero-order valence-electron chi connectivity index (χ0n) is 13.1. The first kappa shape index (κ1) is 16.4. The van der Waals surface area contributed by atoms with Gasteiger partial charge in [0.2, 0.25) is 0 Å². The van der Waals surface area contributed by atoms with Gasteiger partial charge in [0.05, 0.1) is 18.9 Å². The minimum Gasteiger partial charge on any atom is -0.376 e. The van der Waals surface area contributed by atoms with Crippen molar-refractivity contribution in [1.82, 2.24) is 9.97 Å². The van der Waals surface area contributed by atoms with E-state index in [1.807, 2.05) is 37.3 Å². The quantitative estimate of drug-likeness (QED) is 0.811. The summed E-state index contributed by atoms with van der Waals surface area (Å²) in [7, 11) is 0. The second-order valence-electron chi connectivity index (χ2n) is 5.32. The standard InChI is InChI=1S/C17H22FN3O/c1-3-15-16(18)17(21-12-20-15)19-9-13(2)10-22-11-14-7-5-4-6-8-14/h4-8,12-13H,3,9-11H2,1-2H3,(H,19,20,21). The predicted octanol–water partition coefficient (Wildman–Crippen LogP) is 3.44. The second kappa shape index (κ2) is 8.44. The molecule has 0 fully saturated rings. The molecule has 0 saturated carbocycles. The fraction of sp³-hybridized carbons (Fsp3) is 0.412. The lowest BCUT2D eigenvalue weighted by Crippen LogP contribution is -2.18. The molecule has 22 heavy (non-hydrogen) atoms. The molecule has 0 amide bonds. The van der Waals surface area contributed by atoms with Crippen LogP contribution in [0, 0.1) is 11.7 Å². The Morgan fingerprint density at radius 1 is 1.23 bits per heavy atom. The molecule has 2 rings (SSSR count). The van der Waals surface area contributed by atoms with Crippen LogP contribution in [0.5, 0.6) is 0 Å². The number of nitrogens with zero attached hydrogens (tertiary/aromatic N) is 2. The first-order chi connectivity index (χ1) is 10.7. The van der Waals surface area contributed by atoms with Gasteiger partial charge < -0.3 is 10.1 Å². The highest BCUT2D eigenvalue weighted by atomic mass is 19.1. The highest BCUT2D eigenvalue weighted by Gasteiger charge is 2.10. The van der Waals surface area contributed by atoms with E-state index in [0.29, 0.717) is 31.9 Å². The van der Waals surface area contributed by atoms with Gasteiger partial charge in [-0.2, -0.15) is 0 Å². The molecule has 0 spiro atoms. The summed E-state index contributed by atoms with van der Waals surface area (Å²) in [6.07, 6.45) is 1.94. The van der Waals surface area contributed by atoms with E-state index in [1.165, 1.54) is 6.33 Å². The molecule has 0 aliphatic rings. The maximum absolute atomic E-state index is 14.0. The summed E-state index contributed by atoms with van der Waals surface area (Å²) in [5.74, 6) is 0.160. The first-order valence-corrected chi connectivity index (χ1v) is 7.55. The molecule has 1 N–H and O–H groups in total. The van der Waals surface area contributed by atoms with Crippen LogP contribution in [0.4, 0.5) is 10.2 Å². The van der Waals surface area contributed by atoms with Gasteiger partial charge in [-0.1, -0.05) is 44.2 Å². The number of ether oxygens (including phenoxy) is 1. The number of benzene rings is 1. The van der Waals surface area contributed by atoms with Crippen molar-refractivity contribution in [3.05, 3.63) is 53.7 Å². The lowest BCUT2D eigenvalue weighted by atomic mass is 10.2. The van der Waals surface area contributed by atoms with Gasteiger partial charge in [0.1, 0.15) is 6.33 Å². The van der Waals surface area contributed by atoms with E-state index in [1.54, 1.807) is 0 Å². The summed E-state index contributed by atoms with van der Waals surface area (Å²) < 4.78 is 19.7. The van der Waals surface area contributed by atoms with Gasteiger partial charge in [-0.15, -0.1) is 0 Å². The lowest BCUT2D eigenvalue weighted by Gasteiger charge is -2.14. The summed E-state index contributed by atoms with van der Waals surface area (Å²) >= 11 is 0. The Labute approximate surface area is 130 Å². The van der Waals surface area contributed by atoms with Crippen LogP contribution in [-0.2, 0) is 17.8 Å². The molecule has 5 heteroatoms. The Bertz CT molecular complexity index is 577. The van der Waals surface area contributed by atoms with Crippen molar-refractivity contribution in [3.8, 4) is 0 Å². The van der Waals surface area contributed by atoms with Crippen LogP contribution in [0.1, 0.15) is 25.1 Å². The summed E-state index contributed by atoms with van der Waals surface area (Å²) in [5, 5.41) is 3.03. The van der Waals surface area contributed by atoms with Crippen LogP contribution in [-0.4, -0.2) is 23.1 Å². The van der Waals surface area contributed by atoms with E-state index in [9.17, 15) is 4.39 Å². The van der Waals surface area contributed by atoms with Crippen LogP contribution in [0.25, 0.3) is 0 Å². The number of anilines is 1. The smallest absolute Gasteiger partial charge is 0.186 e. The van der Waals surface area contributed by atoms with Gasteiger partial charge in [0.15, 0.2) is 11.6 Å². The highest BCUT2D eigenvalue weighted by Crippen LogP contribution is 2.14. The van der Waals surface area contributed by atoms with Crippen molar-refractivity contribution in [2.24, 2.45) is 5.92 Å². The monoisotopic (exact) mass is 303 g/mol. The molecule has 0 bridgehead atoms. The average Bonchev–Trinajstić information content (AvgIpc) is 2.55. The third-order valence-corrected chi connectivity index (χ3v) is 3.33. The normalized spacial score (nSPS) is 12.1. The number of hydrogen-bond donors (Lipinski definition) is 1. The van der Waals surface area contributed by atoms with E-state index in [2.05, 4.69) is 22.2 Å². The van der Waals surface area contributed by atoms with Gasteiger partial charge in [0.25, 0.3) is 0 Å². The van der Waals surface area contributed by atoms with Gasteiger partial charge in [-0.3, -0.25) is 0 Å². The average molecular weight is 303 g/mol. The largest absolute Gasteiger partial charge is 0.376 e. The Morgan fingerprint density at radius 3 is 2.73 bits per heavy atom. The summed E-state index contributed by atoms with van der Waals surface area (Å²) in [6, 6.07) is 10.0. The second-order valence-corrected chi connectivity index (χ2v) is 5.32. The van der Waals surface area contributed by atoms with Gasteiger partial charge >= 0.3 is 0 Å². The number of halogens is 1. The lowest BCUT2D eigenvalue weighted by molar-refractivity contribution is 0.0954. The van der Waals surface area contributed by atoms with Crippen LogP contribution in [0.3, 0.4) is 0 Å². The van der Waals surface area contributed by atoms with E-state index in [4.69, 9.17) is 4.74 Å².